The minimum absolute atomic E-state index is 0.0307. The van der Waals surface area contributed by atoms with E-state index >= 15 is 0 Å². The molecule has 1 aliphatic heterocycles. The molecule has 1 atom stereocenters. The molecule has 1 fully saturated rings. The average Bonchev–Trinajstić information content (AvgIpc) is 2.71. The Hall–Kier alpha value is -1.99. The molecule has 2 N–H and O–H groups in total. The van der Waals surface area contributed by atoms with Crippen LogP contribution in [0.2, 0.25) is 0 Å². The Kier molecular flexibility index (Phi) is 5.85. The van der Waals surface area contributed by atoms with E-state index in [0.717, 1.165) is 5.69 Å². The van der Waals surface area contributed by atoms with E-state index in [0.29, 0.717) is 38.3 Å². The van der Waals surface area contributed by atoms with Gasteiger partial charge >= 0.3 is 5.97 Å². The van der Waals surface area contributed by atoms with Crippen LogP contribution in [0.4, 0.5) is 0 Å². The first-order valence-electron chi connectivity index (χ1n) is 7.27. The lowest BCUT2D eigenvalue weighted by Crippen LogP contribution is -2.35. The number of carboxylic acids is 1. The lowest BCUT2D eigenvalue weighted by Gasteiger charge is -2.21. The third-order valence-corrected chi connectivity index (χ3v) is 3.59. The Labute approximate surface area is 129 Å². The maximum absolute atomic E-state index is 11.5. The van der Waals surface area contributed by atoms with Crippen LogP contribution in [0, 0.1) is 5.92 Å². The van der Waals surface area contributed by atoms with E-state index in [4.69, 9.17) is 9.84 Å². The molecule has 22 heavy (non-hydrogen) atoms. The van der Waals surface area contributed by atoms with Crippen LogP contribution in [0.5, 0.6) is 0 Å². The van der Waals surface area contributed by atoms with Crippen molar-refractivity contribution in [2.24, 2.45) is 5.92 Å². The summed E-state index contributed by atoms with van der Waals surface area (Å²) in [5, 5.41) is 11.5. The minimum Gasteiger partial charge on any atom is -0.480 e. The molecule has 0 aliphatic carbocycles. The molecular formula is C15H21N3O4. The second-order valence-corrected chi connectivity index (χ2v) is 5.39. The van der Waals surface area contributed by atoms with E-state index in [1.165, 1.54) is 0 Å². The van der Waals surface area contributed by atoms with Crippen LogP contribution in [-0.4, -0.2) is 66.8 Å². The van der Waals surface area contributed by atoms with Gasteiger partial charge in [-0.05, 0) is 18.6 Å². The Morgan fingerprint density at radius 1 is 1.50 bits per heavy atom. The number of amides is 1. The summed E-state index contributed by atoms with van der Waals surface area (Å²) in [6.45, 7) is 2.47. The number of nitrogens with one attached hydrogen (secondary N) is 1. The van der Waals surface area contributed by atoms with Crippen LogP contribution < -0.4 is 5.32 Å². The molecule has 0 unspecified atom stereocenters. The third kappa shape index (κ3) is 4.78. The van der Waals surface area contributed by atoms with Gasteiger partial charge in [0.25, 0.3) is 5.91 Å². The van der Waals surface area contributed by atoms with Gasteiger partial charge in [0.05, 0.1) is 25.3 Å². The topological polar surface area (TPSA) is 91.8 Å². The van der Waals surface area contributed by atoms with Gasteiger partial charge in [-0.2, -0.15) is 0 Å². The summed E-state index contributed by atoms with van der Waals surface area (Å²) in [4.78, 5) is 28.5. The lowest BCUT2D eigenvalue weighted by molar-refractivity contribution is -0.138. The van der Waals surface area contributed by atoms with Gasteiger partial charge in [-0.3, -0.25) is 19.5 Å². The third-order valence-electron chi connectivity index (χ3n) is 3.59. The van der Waals surface area contributed by atoms with Crippen LogP contribution >= 0.6 is 0 Å². The van der Waals surface area contributed by atoms with Crippen molar-refractivity contribution < 1.29 is 19.4 Å². The molecule has 0 spiro atoms. The molecule has 1 saturated heterocycles. The van der Waals surface area contributed by atoms with E-state index in [-0.39, 0.29) is 18.4 Å². The number of carbonyl (C=O) groups excluding carboxylic acids is 1. The second kappa shape index (κ2) is 7.86. The zero-order valence-electron chi connectivity index (χ0n) is 12.6. The average molecular weight is 307 g/mol. The van der Waals surface area contributed by atoms with Crippen molar-refractivity contribution in [1.82, 2.24) is 15.2 Å². The number of nitrogens with zero attached hydrogens (tertiary/aromatic N) is 2. The maximum atomic E-state index is 11.5. The number of aliphatic carboxylic acids is 1. The highest BCUT2D eigenvalue weighted by atomic mass is 16.5. The highest BCUT2D eigenvalue weighted by Gasteiger charge is 2.21. The largest absolute Gasteiger partial charge is 0.480 e. The van der Waals surface area contributed by atoms with Gasteiger partial charge in [0.15, 0.2) is 0 Å². The van der Waals surface area contributed by atoms with Crippen LogP contribution in [-0.2, 0) is 16.0 Å². The summed E-state index contributed by atoms with van der Waals surface area (Å²) in [5.41, 5.74) is 1.40. The van der Waals surface area contributed by atoms with Crippen LogP contribution in [0.1, 0.15) is 16.1 Å². The van der Waals surface area contributed by atoms with Gasteiger partial charge in [-0.1, -0.05) is 0 Å². The summed E-state index contributed by atoms with van der Waals surface area (Å²) in [7, 11) is 1.58. The fourth-order valence-electron chi connectivity index (χ4n) is 2.53. The first kappa shape index (κ1) is 16.4. The smallest absolute Gasteiger partial charge is 0.317 e. The molecular weight excluding hydrogens is 286 g/mol. The Morgan fingerprint density at radius 2 is 2.32 bits per heavy atom. The molecule has 0 radical (unpaired) electrons. The minimum atomic E-state index is -0.825. The van der Waals surface area contributed by atoms with Crippen molar-refractivity contribution in [1.29, 1.82) is 0 Å². The predicted octanol–water partition coefficient (Wildman–Crippen LogP) is 0.0167. The highest BCUT2D eigenvalue weighted by Crippen LogP contribution is 2.13. The summed E-state index contributed by atoms with van der Waals surface area (Å²) >= 11 is 0. The molecule has 1 aliphatic rings. The number of ether oxygens (including phenoxy) is 1. The summed E-state index contributed by atoms with van der Waals surface area (Å²) in [5.74, 6) is -0.793. The zero-order valence-corrected chi connectivity index (χ0v) is 12.6. The Balaban J connectivity index is 1.96. The van der Waals surface area contributed by atoms with E-state index < -0.39 is 5.97 Å². The molecule has 7 nitrogen and oxygen atoms in total. The van der Waals surface area contributed by atoms with Crippen molar-refractivity contribution >= 4 is 11.9 Å². The van der Waals surface area contributed by atoms with E-state index in [2.05, 4.69) is 10.3 Å². The van der Waals surface area contributed by atoms with Gasteiger partial charge in [0.2, 0.25) is 0 Å². The van der Waals surface area contributed by atoms with Crippen LogP contribution in [0.25, 0.3) is 0 Å². The molecule has 1 aromatic rings. The number of pyridine rings is 1. The number of carbonyl (C=O) groups is 2. The fourth-order valence-corrected chi connectivity index (χ4v) is 2.53. The SMILES string of the molecule is CNC(=O)c1ccc(C[C@H]2COCCN(CC(=O)O)C2)nc1. The second-order valence-electron chi connectivity index (χ2n) is 5.39. The van der Waals surface area contributed by atoms with Crippen molar-refractivity contribution in [3.63, 3.8) is 0 Å². The predicted molar refractivity (Wildman–Crippen MR) is 79.7 cm³/mol. The maximum Gasteiger partial charge on any atom is 0.317 e. The van der Waals surface area contributed by atoms with Gasteiger partial charge < -0.3 is 15.2 Å². The summed E-state index contributed by atoms with van der Waals surface area (Å²) < 4.78 is 5.54. The standard InChI is InChI=1S/C15H21N3O4/c1-16-15(21)12-2-3-13(17-7-12)6-11-8-18(9-14(19)20)4-5-22-10-11/h2-3,7,11H,4-6,8-10H2,1H3,(H,16,21)(H,19,20)/t11-/m1/s1. The molecule has 1 aromatic heterocycles. The van der Waals surface area contributed by atoms with Gasteiger partial charge in [0.1, 0.15) is 0 Å². The number of hydrogen-bond acceptors (Lipinski definition) is 5. The number of rotatable bonds is 5. The molecule has 1 amide bonds. The molecule has 120 valence electrons. The lowest BCUT2D eigenvalue weighted by atomic mass is 10.0. The van der Waals surface area contributed by atoms with E-state index in [1.807, 2.05) is 11.0 Å². The first-order valence-corrected chi connectivity index (χ1v) is 7.27. The quantitative estimate of drug-likeness (QED) is 0.796. The number of carboxylic acid groups (broad SMARTS) is 1. The molecule has 0 bridgehead atoms. The van der Waals surface area contributed by atoms with Gasteiger partial charge in [-0.15, -0.1) is 0 Å². The molecule has 7 heteroatoms. The monoisotopic (exact) mass is 307 g/mol. The van der Waals surface area contributed by atoms with Crippen molar-refractivity contribution in [3.8, 4) is 0 Å². The molecule has 0 saturated carbocycles. The van der Waals surface area contributed by atoms with E-state index in [1.54, 1.807) is 19.3 Å². The normalized spacial score (nSPS) is 19.4. The first-order chi connectivity index (χ1) is 10.6. The van der Waals surface area contributed by atoms with Gasteiger partial charge in [-0.25, -0.2) is 0 Å². The van der Waals surface area contributed by atoms with Crippen LogP contribution in [0.15, 0.2) is 18.3 Å². The van der Waals surface area contributed by atoms with E-state index in [9.17, 15) is 9.59 Å². The molecule has 2 heterocycles. The summed E-state index contributed by atoms with van der Waals surface area (Å²) in [6, 6.07) is 3.57. The highest BCUT2D eigenvalue weighted by molar-refractivity contribution is 5.93. The number of aromatic nitrogens is 1. The van der Waals surface area contributed by atoms with Crippen molar-refractivity contribution in [2.45, 2.75) is 6.42 Å². The van der Waals surface area contributed by atoms with Crippen LogP contribution in [0.3, 0.4) is 0 Å². The Morgan fingerprint density at radius 3 is 2.95 bits per heavy atom. The van der Waals surface area contributed by atoms with Crippen molar-refractivity contribution in [3.05, 3.63) is 29.6 Å². The van der Waals surface area contributed by atoms with Crippen molar-refractivity contribution in [2.75, 3.05) is 39.9 Å². The molecule has 0 aromatic carbocycles. The molecule has 2 rings (SSSR count). The zero-order chi connectivity index (χ0) is 15.9. The number of hydrogen-bond donors (Lipinski definition) is 2. The fraction of sp³-hybridized carbons (Fsp3) is 0.533. The Bertz CT molecular complexity index is 518. The summed E-state index contributed by atoms with van der Waals surface area (Å²) in [6.07, 6.45) is 2.25. The van der Waals surface area contributed by atoms with Gasteiger partial charge in [0, 0.05) is 37.9 Å².